The Balaban J connectivity index is 1.83. The van der Waals surface area contributed by atoms with E-state index in [9.17, 15) is 0 Å². The van der Waals surface area contributed by atoms with Crippen molar-refractivity contribution in [1.29, 1.82) is 5.26 Å². The number of hydrogen-bond acceptors (Lipinski definition) is 3. The van der Waals surface area contributed by atoms with Crippen molar-refractivity contribution in [2.45, 2.75) is 0 Å². The van der Waals surface area contributed by atoms with Crippen molar-refractivity contribution in [2.24, 2.45) is 0 Å². The Morgan fingerprint density at radius 1 is 1.18 bits per heavy atom. The average molecular weight is 353 g/mol. The molecule has 22 heavy (non-hydrogen) atoms. The van der Waals surface area contributed by atoms with E-state index in [1.165, 1.54) is 0 Å². The maximum atomic E-state index is 9.10. The SMILES string of the molecule is N#Cc1cnn2cc(-c3cnn(-c4cc[nH]c4)c3)cc(Br)c12. The van der Waals surface area contributed by atoms with Crippen LogP contribution in [0.2, 0.25) is 0 Å². The zero-order valence-electron chi connectivity index (χ0n) is 11.2. The van der Waals surface area contributed by atoms with E-state index >= 15 is 0 Å². The summed E-state index contributed by atoms with van der Waals surface area (Å²) in [6.45, 7) is 0. The third-order valence-electron chi connectivity index (χ3n) is 3.45. The van der Waals surface area contributed by atoms with Crippen LogP contribution >= 0.6 is 15.9 Å². The second kappa shape index (κ2) is 4.86. The molecule has 0 unspecified atom stereocenters. The second-order valence-electron chi connectivity index (χ2n) is 4.78. The third-order valence-corrected chi connectivity index (χ3v) is 4.05. The van der Waals surface area contributed by atoms with Gasteiger partial charge in [0.2, 0.25) is 0 Å². The van der Waals surface area contributed by atoms with Gasteiger partial charge in [0.25, 0.3) is 0 Å². The molecule has 0 aromatic carbocycles. The summed E-state index contributed by atoms with van der Waals surface area (Å²) in [5.74, 6) is 0. The van der Waals surface area contributed by atoms with E-state index < -0.39 is 0 Å². The van der Waals surface area contributed by atoms with Crippen molar-refractivity contribution in [3.8, 4) is 22.9 Å². The lowest BCUT2D eigenvalue weighted by molar-refractivity contribution is 0.882. The molecule has 0 atom stereocenters. The Bertz CT molecular complexity index is 1000. The van der Waals surface area contributed by atoms with Crippen LogP contribution in [0.4, 0.5) is 0 Å². The highest BCUT2D eigenvalue weighted by Crippen LogP contribution is 2.28. The molecule has 4 aromatic rings. The minimum Gasteiger partial charge on any atom is -0.366 e. The maximum absolute atomic E-state index is 9.10. The predicted molar refractivity (Wildman–Crippen MR) is 84.5 cm³/mol. The summed E-state index contributed by atoms with van der Waals surface area (Å²) in [6.07, 6.45) is 10.9. The fourth-order valence-corrected chi connectivity index (χ4v) is 3.02. The minimum absolute atomic E-state index is 0.543. The number of nitriles is 1. The maximum Gasteiger partial charge on any atom is 0.103 e. The molecule has 0 aliphatic heterocycles. The van der Waals surface area contributed by atoms with Crippen molar-refractivity contribution in [3.63, 3.8) is 0 Å². The van der Waals surface area contributed by atoms with E-state index in [0.29, 0.717) is 5.56 Å². The van der Waals surface area contributed by atoms with Crippen molar-refractivity contribution in [3.05, 3.63) is 59.3 Å². The lowest BCUT2D eigenvalue weighted by atomic mass is 10.1. The fraction of sp³-hybridized carbons (Fsp3) is 0. The fourth-order valence-electron chi connectivity index (χ4n) is 2.38. The lowest BCUT2D eigenvalue weighted by Gasteiger charge is -2.02. The normalized spacial score (nSPS) is 10.9. The van der Waals surface area contributed by atoms with Crippen LogP contribution in [-0.2, 0) is 0 Å². The van der Waals surface area contributed by atoms with E-state index in [2.05, 4.69) is 37.2 Å². The number of aromatic amines is 1. The van der Waals surface area contributed by atoms with Crippen LogP contribution in [-0.4, -0.2) is 24.4 Å². The average Bonchev–Trinajstić information content (AvgIpc) is 3.25. The highest BCUT2D eigenvalue weighted by molar-refractivity contribution is 9.10. The van der Waals surface area contributed by atoms with E-state index in [1.54, 1.807) is 21.6 Å². The highest BCUT2D eigenvalue weighted by Gasteiger charge is 2.11. The molecule has 4 rings (SSSR count). The molecule has 0 bridgehead atoms. The number of H-pyrrole nitrogens is 1. The summed E-state index contributed by atoms with van der Waals surface area (Å²) in [7, 11) is 0. The van der Waals surface area contributed by atoms with Crippen LogP contribution in [0, 0.1) is 11.3 Å². The van der Waals surface area contributed by atoms with Crippen molar-refractivity contribution >= 4 is 21.4 Å². The van der Waals surface area contributed by atoms with Gasteiger partial charge < -0.3 is 4.98 Å². The summed E-state index contributed by atoms with van der Waals surface area (Å²) in [5.41, 5.74) is 4.22. The second-order valence-corrected chi connectivity index (χ2v) is 5.64. The first-order chi connectivity index (χ1) is 10.8. The number of pyridine rings is 1. The number of nitrogens with one attached hydrogen (secondary N) is 1. The van der Waals surface area contributed by atoms with Crippen LogP contribution in [0.25, 0.3) is 22.3 Å². The van der Waals surface area contributed by atoms with Crippen LogP contribution in [0.15, 0.2) is 53.8 Å². The van der Waals surface area contributed by atoms with Crippen molar-refractivity contribution in [2.75, 3.05) is 0 Å². The Labute approximate surface area is 133 Å². The molecule has 6 nitrogen and oxygen atoms in total. The Hall–Kier alpha value is -2.85. The largest absolute Gasteiger partial charge is 0.366 e. The van der Waals surface area contributed by atoms with E-state index in [-0.39, 0.29) is 0 Å². The molecule has 4 heterocycles. The highest BCUT2D eigenvalue weighted by atomic mass is 79.9. The predicted octanol–water partition coefficient (Wildman–Crippen LogP) is 3.15. The first-order valence-corrected chi connectivity index (χ1v) is 7.31. The minimum atomic E-state index is 0.543. The third kappa shape index (κ3) is 1.93. The van der Waals surface area contributed by atoms with Gasteiger partial charge in [0, 0.05) is 40.4 Å². The van der Waals surface area contributed by atoms with Gasteiger partial charge in [-0.3, -0.25) is 0 Å². The zero-order chi connectivity index (χ0) is 15.1. The molecule has 106 valence electrons. The van der Waals surface area contributed by atoms with E-state index in [0.717, 1.165) is 26.8 Å². The monoisotopic (exact) mass is 352 g/mol. The molecule has 0 fully saturated rings. The molecule has 4 aromatic heterocycles. The molecule has 7 heteroatoms. The van der Waals surface area contributed by atoms with E-state index in [1.807, 2.05) is 36.9 Å². The molecule has 0 aliphatic carbocycles. The summed E-state index contributed by atoms with van der Waals surface area (Å²) in [4.78, 5) is 3.01. The lowest BCUT2D eigenvalue weighted by Crippen LogP contribution is -1.91. The Morgan fingerprint density at radius 3 is 2.86 bits per heavy atom. The van der Waals surface area contributed by atoms with Gasteiger partial charge in [-0.25, -0.2) is 9.20 Å². The smallest absolute Gasteiger partial charge is 0.103 e. The quantitative estimate of drug-likeness (QED) is 0.602. The van der Waals surface area contributed by atoms with Gasteiger partial charge in [-0.1, -0.05) is 0 Å². The van der Waals surface area contributed by atoms with Crippen LogP contribution in [0.3, 0.4) is 0 Å². The molecular weight excluding hydrogens is 344 g/mol. The van der Waals surface area contributed by atoms with Crippen LogP contribution in [0.5, 0.6) is 0 Å². The number of aromatic nitrogens is 5. The Kier molecular flexibility index (Phi) is 2.84. The van der Waals surface area contributed by atoms with Crippen LogP contribution in [0.1, 0.15) is 5.56 Å². The molecular formula is C15H9BrN6. The number of rotatable bonds is 2. The van der Waals surface area contributed by atoms with Crippen molar-refractivity contribution < 1.29 is 0 Å². The summed E-state index contributed by atoms with van der Waals surface area (Å²) in [6, 6.07) is 6.06. The first kappa shape index (κ1) is 12.9. The van der Waals surface area contributed by atoms with Gasteiger partial charge in [0.15, 0.2) is 0 Å². The molecule has 1 N–H and O–H groups in total. The zero-order valence-corrected chi connectivity index (χ0v) is 12.8. The number of halogens is 1. The summed E-state index contributed by atoms with van der Waals surface area (Å²) >= 11 is 3.52. The molecule has 0 saturated carbocycles. The summed E-state index contributed by atoms with van der Waals surface area (Å²) < 4.78 is 4.33. The Morgan fingerprint density at radius 2 is 2.09 bits per heavy atom. The van der Waals surface area contributed by atoms with Crippen LogP contribution < -0.4 is 0 Å². The van der Waals surface area contributed by atoms with E-state index in [4.69, 9.17) is 5.26 Å². The standard InChI is InChI=1S/C15H9BrN6/c16-14-3-10(8-22-15(14)11(4-17)5-20-22)12-6-19-21(9-12)13-1-2-18-7-13/h1-3,5-9,18H. The molecule has 0 amide bonds. The number of nitrogens with zero attached hydrogens (tertiary/aromatic N) is 5. The van der Waals surface area contributed by atoms with Gasteiger partial charge >= 0.3 is 0 Å². The summed E-state index contributed by atoms with van der Waals surface area (Å²) in [5, 5.41) is 17.7. The molecule has 0 radical (unpaired) electrons. The molecule has 0 saturated heterocycles. The van der Waals surface area contributed by atoms with Gasteiger partial charge in [-0.05, 0) is 28.1 Å². The van der Waals surface area contributed by atoms with Gasteiger partial charge in [0.1, 0.15) is 6.07 Å². The number of hydrogen-bond donors (Lipinski definition) is 1. The molecule has 0 aliphatic rings. The number of fused-ring (bicyclic) bond motifs is 1. The van der Waals surface area contributed by atoms with Gasteiger partial charge in [-0.15, -0.1) is 0 Å². The van der Waals surface area contributed by atoms with Gasteiger partial charge in [-0.2, -0.15) is 15.5 Å². The topological polar surface area (TPSA) is 74.7 Å². The molecule has 0 spiro atoms. The van der Waals surface area contributed by atoms with Crippen molar-refractivity contribution in [1.82, 2.24) is 24.4 Å². The first-order valence-electron chi connectivity index (χ1n) is 6.51. The van der Waals surface area contributed by atoms with Gasteiger partial charge in [0.05, 0.1) is 29.2 Å².